The summed E-state index contributed by atoms with van der Waals surface area (Å²) in [6.45, 7) is 0.941. The van der Waals surface area contributed by atoms with Crippen LogP contribution in [0.5, 0.6) is 0 Å². The highest BCUT2D eigenvalue weighted by Gasteiger charge is 2.32. The molecule has 0 aliphatic rings. The van der Waals surface area contributed by atoms with Crippen molar-refractivity contribution in [2.75, 3.05) is 17.2 Å². The van der Waals surface area contributed by atoms with Gasteiger partial charge in [0.1, 0.15) is 12.4 Å². The minimum Gasteiger partial charge on any atom is -0.480 e. The molecule has 0 saturated heterocycles. The summed E-state index contributed by atoms with van der Waals surface area (Å²) in [6, 6.07) is 8.79. The number of pyridine rings is 1. The van der Waals surface area contributed by atoms with Crippen LogP contribution in [0.2, 0.25) is 0 Å². The number of hydrogen-bond donors (Lipinski definition) is 3. The smallest absolute Gasteiger partial charge is 0.416 e. The molecule has 3 rings (SSSR count). The fraction of sp³-hybridized carbons (Fsp3) is 0.158. The Morgan fingerprint density at radius 3 is 2.62 bits per heavy atom. The van der Waals surface area contributed by atoms with Crippen LogP contribution in [0.4, 0.5) is 30.6 Å². The van der Waals surface area contributed by atoms with Gasteiger partial charge in [-0.3, -0.25) is 9.78 Å². The zero-order valence-electron chi connectivity index (χ0n) is 15.2. The van der Waals surface area contributed by atoms with Gasteiger partial charge in [0.15, 0.2) is 0 Å². The summed E-state index contributed by atoms with van der Waals surface area (Å²) in [5.41, 5.74) is 0.542. The van der Waals surface area contributed by atoms with Crippen molar-refractivity contribution in [3.8, 4) is 11.3 Å². The topological polar surface area (TPSA) is 100 Å². The van der Waals surface area contributed by atoms with E-state index in [-0.39, 0.29) is 23.0 Å². The predicted molar refractivity (Wildman–Crippen MR) is 101 cm³/mol. The van der Waals surface area contributed by atoms with Gasteiger partial charge in [0, 0.05) is 29.7 Å². The predicted octanol–water partition coefficient (Wildman–Crippen LogP) is 4.11. The fourth-order valence-corrected chi connectivity index (χ4v) is 2.62. The summed E-state index contributed by atoms with van der Waals surface area (Å²) in [5.74, 6) is -0.890. The van der Waals surface area contributed by atoms with Gasteiger partial charge in [-0.2, -0.15) is 18.2 Å². The molecule has 2 aromatic heterocycles. The van der Waals surface area contributed by atoms with Crippen LogP contribution in [0, 0.1) is 6.92 Å². The molecule has 0 saturated carbocycles. The molecule has 2 heterocycles. The molecule has 0 unspecified atom stereocenters. The van der Waals surface area contributed by atoms with Gasteiger partial charge in [-0.15, -0.1) is 0 Å². The van der Waals surface area contributed by atoms with Crippen molar-refractivity contribution in [1.29, 1.82) is 0 Å². The average molecular weight is 403 g/mol. The lowest BCUT2D eigenvalue weighted by atomic mass is 10.1. The molecule has 150 valence electrons. The van der Waals surface area contributed by atoms with Crippen molar-refractivity contribution >= 4 is 23.4 Å². The van der Waals surface area contributed by atoms with Crippen molar-refractivity contribution < 1.29 is 23.1 Å². The molecular formula is C19H16F3N5O2. The van der Waals surface area contributed by atoms with E-state index in [2.05, 4.69) is 25.6 Å². The lowest BCUT2D eigenvalue weighted by Gasteiger charge is -2.16. The molecular weight excluding hydrogens is 387 g/mol. The Labute approximate surface area is 163 Å². The first-order valence-electron chi connectivity index (χ1n) is 8.43. The summed E-state index contributed by atoms with van der Waals surface area (Å²) < 4.78 is 39.5. The Morgan fingerprint density at radius 1 is 1.17 bits per heavy atom. The van der Waals surface area contributed by atoms with Crippen molar-refractivity contribution in [1.82, 2.24) is 15.0 Å². The summed E-state index contributed by atoms with van der Waals surface area (Å²) in [6.07, 6.45) is -1.34. The number of nitrogens with zero attached hydrogens (tertiary/aromatic N) is 3. The van der Waals surface area contributed by atoms with E-state index >= 15 is 0 Å². The van der Waals surface area contributed by atoms with E-state index in [0.29, 0.717) is 11.3 Å². The number of alkyl halides is 3. The van der Waals surface area contributed by atoms with Gasteiger partial charge >= 0.3 is 12.1 Å². The van der Waals surface area contributed by atoms with Crippen LogP contribution in [-0.2, 0) is 11.0 Å². The molecule has 29 heavy (non-hydrogen) atoms. The fourth-order valence-electron chi connectivity index (χ4n) is 2.62. The molecule has 3 N–H and O–H groups in total. The van der Waals surface area contributed by atoms with Crippen LogP contribution >= 0.6 is 0 Å². The molecule has 0 atom stereocenters. The Hall–Kier alpha value is -3.69. The van der Waals surface area contributed by atoms with Crippen LogP contribution in [0.15, 0.2) is 48.8 Å². The highest BCUT2D eigenvalue weighted by Crippen LogP contribution is 2.35. The van der Waals surface area contributed by atoms with Crippen LogP contribution in [0.25, 0.3) is 11.3 Å². The molecule has 0 fully saturated rings. The van der Waals surface area contributed by atoms with E-state index in [4.69, 9.17) is 5.11 Å². The minimum absolute atomic E-state index is 0.0147. The lowest BCUT2D eigenvalue weighted by molar-refractivity contribution is -0.138. The lowest BCUT2D eigenvalue weighted by Crippen LogP contribution is -2.15. The van der Waals surface area contributed by atoms with E-state index in [0.717, 1.165) is 6.07 Å². The minimum atomic E-state index is -4.48. The molecule has 0 aliphatic carbocycles. The van der Waals surface area contributed by atoms with Crippen LogP contribution < -0.4 is 10.6 Å². The first-order chi connectivity index (χ1) is 13.7. The van der Waals surface area contributed by atoms with Crippen LogP contribution in [-0.4, -0.2) is 32.6 Å². The second-order valence-electron chi connectivity index (χ2n) is 6.05. The Balaban J connectivity index is 2.00. The molecule has 0 radical (unpaired) electrons. The largest absolute Gasteiger partial charge is 0.480 e. The van der Waals surface area contributed by atoms with Gasteiger partial charge in [-0.1, -0.05) is 6.07 Å². The van der Waals surface area contributed by atoms with Crippen molar-refractivity contribution in [2.45, 2.75) is 13.1 Å². The molecule has 1 aromatic carbocycles. The standard InChI is InChI=1S/C19H16F3N5O2/c1-11-13(19(20,21)22)5-2-6-14(11)25-16-8-15(12-4-3-7-23-9-12)26-18(27-16)24-10-17(28)29/h2-9H,10H2,1H3,(H,28,29)(H2,24,25,26,27). The maximum absolute atomic E-state index is 13.2. The first-order valence-corrected chi connectivity index (χ1v) is 8.43. The molecule has 3 aromatic rings. The van der Waals surface area contributed by atoms with Gasteiger partial charge in [0.25, 0.3) is 0 Å². The zero-order chi connectivity index (χ0) is 21.0. The molecule has 7 nitrogen and oxygen atoms in total. The number of rotatable bonds is 6. The summed E-state index contributed by atoms with van der Waals surface area (Å²) >= 11 is 0. The second kappa shape index (κ2) is 8.13. The molecule has 10 heteroatoms. The number of benzene rings is 1. The van der Waals surface area contributed by atoms with Crippen LogP contribution in [0.3, 0.4) is 0 Å². The number of aromatic nitrogens is 3. The highest BCUT2D eigenvalue weighted by atomic mass is 19.4. The number of carbonyl (C=O) groups is 1. The quantitative estimate of drug-likeness (QED) is 0.570. The zero-order valence-corrected chi connectivity index (χ0v) is 15.2. The Morgan fingerprint density at radius 2 is 1.97 bits per heavy atom. The number of carboxylic acid groups (broad SMARTS) is 1. The third kappa shape index (κ3) is 4.98. The van der Waals surface area contributed by atoms with E-state index in [9.17, 15) is 18.0 Å². The summed E-state index contributed by atoms with van der Waals surface area (Å²) in [5, 5.41) is 14.3. The summed E-state index contributed by atoms with van der Waals surface area (Å²) in [4.78, 5) is 23.3. The van der Waals surface area contributed by atoms with Gasteiger partial charge in [0.2, 0.25) is 5.95 Å². The SMILES string of the molecule is Cc1c(Nc2cc(-c3cccnc3)nc(NCC(=O)O)n2)cccc1C(F)(F)F. The van der Waals surface area contributed by atoms with Crippen molar-refractivity contribution in [3.05, 3.63) is 59.9 Å². The third-order valence-corrected chi connectivity index (χ3v) is 3.98. The van der Waals surface area contributed by atoms with Crippen LogP contribution in [0.1, 0.15) is 11.1 Å². The van der Waals surface area contributed by atoms with Gasteiger partial charge < -0.3 is 15.7 Å². The Bertz CT molecular complexity index is 1030. The number of hydrogen-bond acceptors (Lipinski definition) is 6. The van der Waals surface area contributed by atoms with Gasteiger partial charge in [-0.05, 0) is 36.8 Å². The molecule has 0 spiro atoms. The second-order valence-corrected chi connectivity index (χ2v) is 6.05. The number of nitrogens with one attached hydrogen (secondary N) is 2. The first kappa shape index (κ1) is 20.1. The number of carboxylic acids is 1. The van der Waals surface area contributed by atoms with Crippen molar-refractivity contribution in [3.63, 3.8) is 0 Å². The Kier molecular flexibility index (Phi) is 5.62. The highest BCUT2D eigenvalue weighted by molar-refractivity contribution is 5.73. The number of anilines is 3. The third-order valence-electron chi connectivity index (χ3n) is 3.98. The average Bonchev–Trinajstić information content (AvgIpc) is 2.67. The monoisotopic (exact) mass is 403 g/mol. The molecule has 0 aliphatic heterocycles. The van der Waals surface area contributed by atoms with Gasteiger partial charge in [-0.25, -0.2) is 4.98 Å². The van der Waals surface area contributed by atoms with E-state index in [1.54, 1.807) is 30.6 Å². The van der Waals surface area contributed by atoms with E-state index in [1.165, 1.54) is 19.1 Å². The maximum Gasteiger partial charge on any atom is 0.416 e. The van der Waals surface area contributed by atoms with E-state index < -0.39 is 24.3 Å². The summed E-state index contributed by atoms with van der Waals surface area (Å²) in [7, 11) is 0. The maximum atomic E-state index is 13.2. The number of aliphatic carboxylic acids is 1. The number of halogens is 3. The molecule has 0 bridgehead atoms. The molecule has 0 amide bonds. The normalized spacial score (nSPS) is 11.2. The van der Waals surface area contributed by atoms with Crippen molar-refractivity contribution in [2.24, 2.45) is 0 Å². The van der Waals surface area contributed by atoms with Gasteiger partial charge in [0.05, 0.1) is 11.3 Å². The van der Waals surface area contributed by atoms with E-state index in [1.807, 2.05) is 0 Å².